The monoisotopic (exact) mass is 321 g/mol. The van der Waals surface area contributed by atoms with Crippen LogP contribution in [0.25, 0.3) is 0 Å². The van der Waals surface area contributed by atoms with Crippen molar-refractivity contribution in [2.24, 2.45) is 5.92 Å². The SMILES string of the molecule is O=C(COC(=O)C[C@H]1C=CCC1)NCCc1ccc(Cl)cc1. The molecule has 0 saturated carbocycles. The standard InChI is InChI=1S/C17H20ClNO3/c18-15-7-5-13(6-8-15)9-10-19-16(20)12-22-17(21)11-14-3-1-2-4-14/h1,3,5-8,14H,2,4,9-12H2,(H,19,20)/t14-/m0/s1. The summed E-state index contributed by atoms with van der Waals surface area (Å²) in [6.07, 6.45) is 7.18. The van der Waals surface area contributed by atoms with Gasteiger partial charge in [0.15, 0.2) is 6.61 Å². The van der Waals surface area contributed by atoms with Crippen LogP contribution in [0, 0.1) is 5.92 Å². The zero-order valence-corrected chi connectivity index (χ0v) is 13.1. The van der Waals surface area contributed by atoms with Crippen molar-refractivity contribution < 1.29 is 14.3 Å². The molecule has 0 spiro atoms. The molecular formula is C17H20ClNO3. The Hall–Kier alpha value is -1.81. The van der Waals surface area contributed by atoms with Crippen LogP contribution in [0.2, 0.25) is 5.02 Å². The van der Waals surface area contributed by atoms with E-state index in [0.29, 0.717) is 24.4 Å². The summed E-state index contributed by atoms with van der Waals surface area (Å²) >= 11 is 5.81. The maximum Gasteiger partial charge on any atom is 0.306 e. The molecule has 1 amide bonds. The van der Waals surface area contributed by atoms with Gasteiger partial charge < -0.3 is 10.1 Å². The third-order valence-electron chi connectivity index (χ3n) is 3.55. The van der Waals surface area contributed by atoms with Gasteiger partial charge in [-0.2, -0.15) is 0 Å². The highest BCUT2D eigenvalue weighted by Crippen LogP contribution is 2.20. The second kappa shape index (κ2) is 8.59. The minimum absolute atomic E-state index is 0.212. The number of hydrogen-bond acceptors (Lipinski definition) is 3. The molecule has 118 valence electrons. The van der Waals surface area contributed by atoms with Crippen LogP contribution < -0.4 is 5.32 Å². The molecule has 1 aromatic carbocycles. The number of amides is 1. The van der Waals surface area contributed by atoms with Gasteiger partial charge in [-0.05, 0) is 42.9 Å². The van der Waals surface area contributed by atoms with Crippen molar-refractivity contribution in [1.29, 1.82) is 0 Å². The fourth-order valence-corrected chi connectivity index (χ4v) is 2.46. The molecule has 1 atom stereocenters. The van der Waals surface area contributed by atoms with Crippen LogP contribution in [0.1, 0.15) is 24.8 Å². The van der Waals surface area contributed by atoms with E-state index in [0.717, 1.165) is 18.4 Å². The predicted octanol–water partition coefficient (Wildman–Crippen LogP) is 2.90. The molecule has 0 unspecified atom stereocenters. The molecule has 0 fully saturated rings. The topological polar surface area (TPSA) is 55.4 Å². The molecule has 0 aromatic heterocycles. The lowest BCUT2D eigenvalue weighted by Gasteiger charge is -2.09. The van der Waals surface area contributed by atoms with Crippen molar-refractivity contribution in [1.82, 2.24) is 5.32 Å². The van der Waals surface area contributed by atoms with Crippen LogP contribution in [-0.2, 0) is 20.7 Å². The quantitative estimate of drug-likeness (QED) is 0.620. The summed E-state index contributed by atoms with van der Waals surface area (Å²) in [6.45, 7) is 0.291. The first-order chi connectivity index (χ1) is 10.6. The van der Waals surface area contributed by atoms with E-state index >= 15 is 0 Å². The number of rotatable bonds is 7. The van der Waals surface area contributed by atoms with Gasteiger partial charge in [0.2, 0.25) is 0 Å². The van der Waals surface area contributed by atoms with Gasteiger partial charge >= 0.3 is 5.97 Å². The minimum Gasteiger partial charge on any atom is -0.456 e. The van der Waals surface area contributed by atoms with E-state index in [2.05, 4.69) is 11.4 Å². The summed E-state index contributed by atoms with van der Waals surface area (Å²) in [5, 5.41) is 3.42. The molecule has 0 radical (unpaired) electrons. The molecule has 4 nitrogen and oxygen atoms in total. The number of allylic oxidation sites excluding steroid dienone is 2. The predicted molar refractivity (Wildman–Crippen MR) is 85.6 cm³/mol. The zero-order valence-electron chi connectivity index (χ0n) is 12.4. The van der Waals surface area contributed by atoms with Crippen molar-refractivity contribution in [3.05, 3.63) is 47.0 Å². The van der Waals surface area contributed by atoms with Gasteiger partial charge in [-0.25, -0.2) is 0 Å². The van der Waals surface area contributed by atoms with Crippen molar-refractivity contribution in [3.63, 3.8) is 0 Å². The van der Waals surface area contributed by atoms with E-state index in [1.807, 2.05) is 30.3 Å². The maximum atomic E-state index is 11.6. The number of esters is 1. The third-order valence-corrected chi connectivity index (χ3v) is 3.81. The Bertz CT molecular complexity index is 539. The van der Waals surface area contributed by atoms with Crippen LogP contribution >= 0.6 is 11.6 Å². The van der Waals surface area contributed by atoms with E-state index < -0.39 is 0 Å². The lowest BCUT2D eigenvalue weighted by Crippen LogP contribution is -2.30. The lowest BCUT2D eigenvalue weighted by atomic mass is 10.1. The number of hydrogen-bond donors (Lipinski definition) is 1. The van der Waals surface area contributed by atoms with Crippen LogP contribution in [0.15, 0.2) is 36.4 Å². The second-order valence-corrected chi connectivity index (χ2v) is 5.79. The molecule has 1 aliphatic rings. The molecule has 0 bridgehead atoms. The molecule has 1 aliphatic carbocycles. The van der Waals surface area contributed by atoms with Crippen LogP contribution in [0.5, 0.6) is 0 Å². The smallest absolute Gasteiger partial charge is 0.306 e. The highest BCUT2D eigenvalue weighted by atomic mass is 35.5. The fourth-order valence-electron chi connectivity index (χ4n) is 2.33. The van der Waals surface area contributed by atoms with Crippen LogP contribution in [-0.4, -0.2) is 25.0 Å². The van der Waals surface area contributed by atoms with E-state index in [1.54, 1.807) is 0 Å². The Balaban J connectivity index is 1.58. The van der Waals surface area contributed by atoms with Gasteiger partial charge in [0.25, 0.3) is 5.91 Å². The summed E-state index contributed by atoms with van der Waals surface area (Å²) in [7, 11) is 0. The van der Waals surface area contributed by atoms with Gasteiger partial charge in [0.05, 0.1) is 6.42 Å². The van der Waals surface area contributed by atoms with Gasteiger partial charge in [-0.15, -0.1) is 0 Å². The number of halogens is 1. The van der Waals surface area contributed by atoms with E-state index in [4.69, 9.17) is 16.3 Å². The second-order valence-electron chi connectivity index (χ2n) is 5.36. The summed E-state index contributed by atoms with van der Waals surface area (Å²) in [4.78, 5) is 23.2. The first-order valence-electron chi connectivity index (χ1n) is 7.47. The third kappa shape index (κ3) is 5.90. The van der Waals surface area contributed by atoms with Crippen molar-refractivity contribution in [3.8, 4) is 0 Å². The number of carbonyl (C=O) groups is 2. The molecule has 2 rings (SSSR count). The highest BCUT2D eigenvalue weighted by Gasteiger charge is 2.15. The van der Waals surface area contributed by atoms with Crippen LogP contribution in [0.4, 0.5) is 0 Å². The van der Waals surface area contributed by atoms with E-state index in [-0.39, 0.29) is 24.4 Å². The largest absolute Gasteiger partial charge is 0.456 e. The molecule has 0 aliphatic heterocycles. The molecule has 0 heterocycles. The number of nitrogens with one attached hydrogen (secondary N) is 1. The lowest BCUT2D eigenvalue weighted by molar-refractivity contribution is -0.149. The van der Waals surface area contributed by atoms with Crippen molar-refractivity contribution in [2.45, 2.75) is 25.7 Å². The summed E-state index contributed by atoms with van der Waals surface area (Å²) in [5.41, 5.74) is 1.09. The van der Waals surface area contributed by atoms with E-state index in [1.165, 1.54) is 0 Å². The Morgan fingerprint density at radius 3 is 2.73 bits per heavy atom. The molecule has 0 saturated heterocycles. The van der Waals surface area contributed by atoms with Crippen molar-refractivity contribution >= 4 is 23.5 Å². The Labute approximate surface area is 135 Å². The van der Waals surface area contributed by atoms with Crippen molar-refractivity contribution in [2.75, 3.05) is 13.2 Å². The Kier molecular flexibility index (Phi) is 6.46. The molecule has 5 heteroatoms. The number of ether oxygens (including phenoxy) is 1. The number of benzene rings is 1. The Morgan fingerprint density at radius 1 is 1.27 bits per heavy atom. The van der Waals surface area contributed by atoms with Gasteiger partial charge in [-0.3, -0.25) is 9.59 Å². The molecular weight excluding hydrogens is 302 g/mol. The number of carbonyl (C=O) groups excluding carboxylic acids is 2. The van der Waals surface area contributed by atoms with Gasteiger partial charge in [0, 0.05) is 11.6 Å². The van der Waals surface area contributed by atoms with Gasteiger partial charge in [-0.1, -0.05) is 35.9 Å². The minimum atomic E-state index is -0.315. The van der Waals surface area contributed by atoms with Crippen LogP contribution in [0.3, 0.4) is 0 Å². The zero-order chi connectivity index (χ0) is 15.8. The Morgan fingerprint density at radius 2 is 2.05 bits per heavy atom. The molecule has 22 heavy (non-hydrogen) atoms. The normalized spacial score (nSPS) is 16.5. The van der Waals surface area contributed by atoms with E-state index in [9.17, 15) is 9.59 Å². The summed E-state index contributed by atoms with van der Waals surface area (Å²) in [6, 6.07) is 7.48. The average Bonchev–Trinajstić information content (AvgIpc) is 3.00. The first kappa shape index (κ1) is 16.6. The summed E-state index contributed by atoms with van der Waals surface area (Å²) in [5.74, 6) is -0.325. The average molecular weight is 322 g/mol. The fraction of sp³-hybridized carbons (Fsp3) is 0.412. The maximum absolute atomic E-state index is 11.6. The molecule has 1 N–H and O–H groups in total. The van der Waals surface area contributed by atoms with Gasteiger partial charge in [0.1, 0.15) is 0 Å². The highest BCUT2D eigenvalue weighted by molar-refractivity contribution is 6.30. The summed E-state index contributed by atoms with van der Waals surface area (Å²) < 4.78 is 4.98. The first-order valence-corrected chi connectivity index (χ1v) is 7.84. The molecule has 1 aromatic rings.